The first-order chi connectivity index (χ1) is 5.44. The van der Waals surface area contributed by atoms with E-state index < -0.39 is 28.8 Å². The average molecular weight is 237 g/mol. The van der Waals surface area contributed by atoms with E-state index in [1.165, 1.54) is 0 Å². The summed E-state index contributed by atoms with van der Waals surface area (Å²) in [4.78, 5) is 31.8. The van der Waals surface area contributed by atoms with Crippen LogP contribution in [0.3, 0.4) is 0 Å². The Kier molecular flexibility index (Phi) is 2.05. The van der Waals surface area contributed by atoms with E-state index in [4.69, 9.17) is 5.11 Å². The molecule has 1 aliphatic heterocycles. The molecule has 66 valence electrons. The molecule has 6 nitrogen and oxygen atoms in total. The number of carboxylic acids is 1. The van der Waals surface area contributed by atoms with Gasteiger partial charge in [0.05, 0.1) is 6.42 Å². The second-order valence-electron chi connectivity index (χ2n) is 2.28. The third kappa shape index (κ3) is 1.55. The quantitative estimate of drug-likeness (QED) is 0.339. The zero-order valence-electron chi connectivity index (χ0n) is 5.76. The number of urea groups is 1. The van der Waals surface area contributed by atoms with Crippen LogP contribution in [0.4, 0.5) is 4.79 Å². The highest BCUT2D eigenvalue weighted by Gasteiger charge is 2.45. The number of imide groups is 1. The van der Waals surface area contributed by atoms with Crippen LogP contribution in [0, 0.1) is 0 Å². The molecule has 1 atom stereocenters. The summed E-state index contributed by atoms with van der Waals surface area (Å²) in [5.74, 6) is -1.86. The number of nitrogens with one attached hydrogen (secondary N) is 2. The SMILES string of the molecule is O=C(O)CC1(Br)NC(=O)NC1=O. The van der Waals surface area contributed by atoms with Gasteiger partial charge in [-0.2, -0.15) is 0 Å². The molecule has 12 heavy (non-hydrogen) atoms. The second-order valence-corrected chi connectivity index (χ2v) is 3.63. The fourth-order valence-corrected chi connectivity index (χ4v) is 1.32. The van der Waals surface area contributed by atoms with E-state index in [2.05, 4.69) is 21.2 Å². The lowest BCUT2D eigenvalue weighted by atomic mass is 10.2. The maximum atomic E-state index is 10.9. The van der Waals surface area contributed by atoms with Gasteiger partial charge in [0.25, 0.3) is 5.91 Å². The van der Waals surface area contributed by atoms with Gasteiger partial charge in [0.2, 0.25) is 0 Å². The molecular weight excluding hydrogens is 232 g/mol. The van der Waals surface area contributed by atoms with Crippen molar-refractivity contribution < 1.29 is 19.5 Å². The van der Waals surface area contributed by atoms with E-state index in [-0.39, 0.29) is 0 Å². The van der Waals surface area contributed by atoms with E-state index in [0.717, 1.165) is 0 Å². The molecule has 1 saturated heterocycles. The molecule has 0 aromatic heterocycles. The number of aliphatic carboxylic acids is 1. The zero-order chi connectivity index (χ0) is 9.35. The zero-order valence-corrected chi connectivity index (χ0v) is 7.34. The van der Waals surface area contributed by atoms with Crippen molar-refractivity contribution in [3.8, 4) is 0 Å². The first-order valence-corrected chi connectivity index (χ1v) is 3.78. The van der Waals surface area contributed by atoms with Crippen LogP contribution in [0.25, 0.3) is 0 Å². The van der Waals surface area contributed by atoms with Crippen molar-refractivity contribution in [2.24, 2.45) is 0 Å². The van der Waals surface area contributed by atoms with Crippen molar-refractivity contribution >= 4 is 33.8 Å². The van der Waals surface area contributed by atoms with Crippen LogP contribution in [0.5, 0.6) is 0 Å². The number of rotatable bonds is 2. The number of carbonyl (C=O) groups is 3. The monoisotopic (exact) mass is 236 g/mol. The van der Waals surface area contributed by atoms with E-state index in [9.17, 15) is 14.4 Å². The van der Waals surface area contributed by atoms with Gasteiger partial charge in [0, 0.05) is 0 Å². The number of halogens is 1. The molecule has 0 bridgehead atoms. The van der Waals surface area contributed by atoms with Crippen LogP contribution in [-0.4, -0.2) is 27.5 Å². The largest absolute Gasteiger partial charge is 0.481 e. The van der Waals surface area contributed by atoms with Crippen molar-refractivity contribution in [2.45, 2.75) is 10.9 Å². The average Bonchev–Trinajstić information content (AvgIpc) is 2.04. The van der Waals surface area contributed by atoms with E-state index in [1.54, 1.807) is 0 Å². The number of carbonyl (C=O) groups excluding carboxylic acids is 2. The van der Waals surface area contributed by atoms with Crippen LogP contribution in [0.15, 0.2) is 0 Å². The highest BCUT2D eigenvalue weighted by atomic mass is 79.9. The lowest BCUT2D eigenvalue weighted by Gasteiger charge is -2.14. The van der Waals surface area contributed by atoms with Crippen LogP contribution in [0.2, 0.25) is 0 Å². The third-order valence-corrected chi connectivity index (χ3v) is 2.13. The Bertz CT molecular complexity index is 266. The molecule has 1 aliphatic rings. The molecular formula is C5H5BrN2O4. The Labute approximate surface area is 75.4 Å². The Morgan fingerprint density at radius 1 is 1.58 bits per heavy atom. The molecule has 0 aliphatic carbocycles. The van der Waals surface area contributed by atoms with Gasteiger partial charge in [0.1, 0.15) is 0 Å². The molecule has 7 heteroatoms. The first kappa shape index (κ1) is 8.98. The lowest BCUT2D eigenvalue weighted by Crippen LogP contribution is -2.42. The minimum Gasteiger partial charge on any atom is -0.481 e. The predicted molar refractivity (Wildman–Crippen MR) is 40.6 cm³/mol. The summed E-state index contributed by atoms with van der Waals surface area (Å²) in [7, 11) is 0. The summed E-state index contributed by atoms with van der Waals surface area (Å²) < 4.78 is -1.49. The number of hydrogen-bond acceptors (Lipinski definition) is 3. The van der Waals surface area contributed by atoms with Crippen molar-refractivity contribution in [3.05, 3.63) is 0 Å². The molecule has 0 radical (unpaired) electrons. The Hall–Kier alpha value is -1.11. The molecule has 0 aromatic carbocycles. The summed E-state index contributed by atoms with van der Waals surface area (Å²) in [6.07, 6.45) is -0.495. The van der Waals surface area contributed by atoms with Crippen molar-refractivity contribution in [2.75, 3.05) is 0 Å². The van der Waals surface area contributed by atoms with Gasteiger partial charge >= 0.3 is 12.0 Å². The molecule has 1 heterocycles. The summed E-state index contributed by atoms with van der Waals surface area (Å²) >= 11 is 2.83. The van der Waals surface area contributed by atoms with Gasteiger partial charge in [0.15, 0.2) is 4.45 Å². The highest BCUT2D eigenvalue weighted by Crippen LogP contribution is 2.22. The lowest BCUT2D eigenvalue weighted by molar-refractivity contribution is -0.139. The second kappa shape index (κ2) is 2.74. The summed E-state index contributed by atoms with van der Waals surface area (Å²) in [6, 6.07) is -0.696. The Morgan fingerprint density at radius 3 is 2.50 bits per heavy atom. The molecule has 1 fully saturated rings. The van der Waals surface area contributed by atoms with Crippen molar-refractivity contribution in [1.82, 2.24) is 10.6 Å². The predicted octanol–water partition coefficient (Wildman–Crippen LogP) is -0.608. The maximum Gasteiger partial charge on any atom is 0.323 e. The van der Waals surface area contributed by atoms with Crippen molar-refractivity contribution in [3.63, 3.8) is 0 Å². The van der Waals surface area contributed by atoms with E-state index >= 15 is 0 Å². The topological polar surface area (TPSA) is 95.5 Å². The molecule has 0 saturated carbocycles. The molecule has 0 spiro atoms. The summed E-state index contributed by atoms with van der Waals surface area (Å²) in [5.41, 5.74) is 0. The van der Waals surface area contributed by atoms with E-state index in [1.807, 2.05) is 5.32 Å². The number of alkyl halides is 1. The van der Waals surface area contributed by atoms with Crippen LogP contribution < -0.4 is 10.6 Å². The Balaban J connectivity index is 2.77. The fourth-order valence-electron chi connectivity index (χ4n) is 0.803. The van der Waals surface area contributed by atoms with Gasteiger partial charge in [-0.25, -0.2) is 4.79 Å². The van der Waals surface area contributed by atoms with Gasteiger partial charge < -0.3 is 10.4 Å². The molecule has 1 unspecified atom stereocenters. The number of amides is 3. The number of carboxylic acid groups (broad SMARTS) is 1. The van der Waals surface area contributed by atoms with Crippen LogP contribution >= 0.6 is 15.9 Å². The molecule has 1 rings (SSSR count). The minimum absolute atomic E-state index is 0.495. The van der Waals surface area contributed by atoms with E-state index in [0.29, 0.717) is 0 Å². The third-order valence-electron chi connectivity index (χ3n) is 1.29. The van der Waals surface area contributed by atoms with Crippen molar-refractivity contribution in [1.29, 1.82) is 0 Å². The minimum atomic E-state index is -1.49. The maximum absolute atomic E-state index is 10.9. The molecule has 0 aromatic rings. The number of hydrogen-bond donors (Lipinski definition) is 3. The Morgan fingerprint density at radius 2 is 2.17 bits per heavy atom. The summed E-state index contributed by atoms with van der Waals surface area (Å²) in [6.45, 7) is 0. The fraction of sp³-hybridized carbons (Fsp3) is 0.400. The molecule has 3 N–H and O–H groups in total. The van der Waals surface area contributed by atoms with Crippen LogP contribution in [0.1, 0.15) is 6.42 Å². The van der Waals surface area contributed by atoms with Gasteiger partial charge in [-0.3, -0.25) is 14.9 Å². The highest BCUT2D eigenvalue weighted by molar-refractivity contribution is 9.10. The normalized spacial score (nSPS) is 28.1. The first-order valence-electron chi connectivity index (χ1n) is 2.98. The van der Waals surface area contributed by atoms with Gasteiger partial charge in [-0.05, 0) is 15.9 Å². The molecule has 3 amide bonds. The summed E-state index contributed by atoms with van der Waals surface area (Å²) in [5, 5.41) is 12.4. The smallest absolute Gasteiger partial charge is 0.323 e. The van der Waals surface area contributed by atoms with Gasteiger partial charge in [-0.1, -0.05) is 0 Å². The standard InChI is InChI=1S/C5H5BrN2O4/c6-5(1-2(9)10)3(11)7-4(12)8-5/h1H2,(H,9,10)(H2,7,8,11,12). The van der Waals surface area contributed by atoms with Gasteiger partial charge in [-0.15, -0.1) is 0 Å². The van der Waals surface area contributed by atoms with Crippen LogP contribution in [-0.2, 0) is 9.59 Å².